The van der Waals surface area contributed by atoms with E-state index in [4.69, 9.17) is 4.74 Å². The minimum absolute atomic E-state index is 0.205. The number of rotatable bonds is 5. The van der Waals surface area contributed by atoms with Crippen LogP contribution in [0, 0.1) is 6.92 Å². The molecule has 0 radical (unpaired) electrons. The lowest BCUT2D eigenvalue weighted by atomic mass is 10.0. The summed E-state index contributed by atoms with van der Waals surface area (Å²) in [7, 11) is 1.93. The number of esters is 1. The van der Waals surface area contributed by atoms with Crippen LogP contribution in [-0.2, 0) is 9.53 Å². The molecule has 0 aliphatic carbocycles. The molecular formula is C17H25NO3. The Kier molecular flexibility index (Phi) is 5.53. The van der Waals surface area contributed by atoms with E-state index in [1.165, 1.54) is 0 Å². The first-order valence-electron chi connectivity index (χ1n) is 7.21. The summed E-state index contributed by atoms with van der Waals surface area (Å²) in [6.45, 7) is 10.1. The molecule has 1 rings (SSSR count). The van der Waals surface area contributed by atoms with Crippen molar-refractivity contribution in [3.8, 4) is 0 Å². The normalized spacial score (nSPS) is 11.1. The van der Waals surface area contributed by atoms with Gasteiger partial charge in [0.25, 0.3) is 0 Å². The highest BCUT2D eigenvalue weighted by molar-refractivity contribution is 6.09. The molecule has 0 fully saturated rings. The Morgan fingerprint density at radius 3 is 2.38 bits per heavy atom. The average Bonchev–Trinajstić information content (AvgIpc) is 2.35. The maximum Gasteiger partial charge on any atom is 0.314 e. The second-order valence-electron chi connectivity index (χ2n) is 6.22. The zero-order valence-corrected chi connectivity index (χ0v) is 13.8. The standard InChI is InChI=1S/C17H25NO3/c1-7-18(6)14-9-8-12(2)10-13(14)15(19)11-16(20)21-17(3,4)5/h8-10H,7,11H2,1-6H3. The second kappa shape index (κ2) is 6.74. The van der Waals surface area contributed by atoms with Gasteiger partial charge in [0.05, 0.1) is 0 Å². The number of ketones is 1. The molecule has 0 aromatic heterocycles. The molecular weight excluding hydrogens is 266 g/mol. The van der Waals surface area contributed by atoms with Crippen LogP contribution >= 0.6 is 0 Å². The van der Waals surface area contributed by atoms with Crippen LogP contribution in [0.2, 0.25) is 0 Å². The van der Waals surface area contributed by atoms with Gasteiger partial charge in [-0.05, 0) is 46.8 Å². The fourth-order valence-electron chi connectivity index (χ4n) is 1.98. The van der Waals surface area contributed by atoms with Gasteiger partial charge >= 0.3 is 5.97 Å². The third-order valence-corrected chi connectivity index (χ3v) is 3.06. The second-order valence-corrected chi connectivity index (χ2v) is 6.22. The molecule has 1 aromatic carbocycles. The van der Waals surface area contributed by atoms with Gasteiger partial charge in [-0.2, -0.15) is 0 Å². The van der Waals surface area contributed by atoms with Crippen molar-refractivity contribution in [3.05, 3.63) is 29.3 Å². The van der Waals surface area contributed by atoms with E-state index in [9.17, 15) is 9.59 Å². The zero-order valence-electron chi connectivity index (χ0n) is 13.8. The molecule has 0 spiro atoms. The number of hydrogen-bond donors (Lipinski definition) is 0. The van der Waals surface area contributed by atoms with Crippen molar-refractivity contribution >= 4 is 17.4 Å². The molecule has 0 N–H and O–H groups in total. The number of nitrogens with zero attached hydrogens (tertiary/aromatic N) is 1. The van der Waals surface area contributed by atoms with Gasteiger partial charge in [0.1, 0.15) is 12.0 Å². The first-order valence-corrected chi connectivity index (χ1v) is 7.21. The summed E-state index contributed by atoms with van der Waals surface area (Å²) in [6, 6.07) is 5.71. The first-order chi connectivity index (χ1) is 9.64. The van der Waals surface area contributed by atoms with E-state index in [2.05, 4.69) is 0 Å². The first kappa shape index (κ1) is 17.2. The SMILES string of the molecule is CCN(C)c1ccc(C)cc1C(=O)CC(=O)OC(C)(C)C. The van der Waals surface area contributed by atoms with Crippen LogP contribution in [0.3, 0.4) is 0 Å². The molecule has 4 heteroatoms. The number of ether oxygens (including phenoxy) is 1. The maximum absolute atomic E-state index is 12.4. The van der Waals surface area contributed by atoms with Crippen LogP contribution in [-0.4, -0.2) is 30.9 Å². The Labute approximate surface area is 127 Å². The molecule has 0 amide bonds. The Morgan fingerprint density at radius 1 is 1.24 bits per heavy atom. The number of Topliss-reactive ketones (excluding diaryl/α,β-unsaturated/α-hetero) is 1. The number of carbonyl (C=O) groups is 2. The van der Waals surface area contributed by atoms with Gasteiger partial charge in [-0.25, -0.2) is 0 Å². The average molecular weight is 291 g/mol. The van der Waals surface area contributed by atoms with Crippen molar-refractivity contribution in [2.75, 3.05) is 18.5 Å². The molecule has 0 saturated heterocycles. The van der Waals surface area contributed by atoms with Crippen molar-refractivity contribution in [1.29, 1.82) is 0 Å². The minimum atomic E-state index is -0.576. The number of aryl methyl sites for hydroxylation is 1. The number of carbonyl (C=O) groups excluding carboxylic acids is 2. The summed E-state index contributed by atoms with van der Waals surface area (Å²) in [5.41, 5.74) is 1.84. The van der Waals surface area contributed by atoms with E-state index < -0.39 is 11.6 Å². The summed E-state index contributed by atoms with van der Waals surface area (Å²) in [6.07, 6.45) is -0.231. The molecule has 0 bridgehead atoms. The number of benzene rings is 1. The van der Waals surface area contributed by atoms with Crippen molar-refractivity contribution in [2.45, 2.75) is 46.6 Å². The maximum atomic E-state index is 12.4. The lowest BCUT2D eigenvalue weighted by molar-refractivity contribution is -0.153. The minimum Gasteiger partial charge on any atom is -0.460 e. The molecule has 0 aliphatic rings. The van der Waals surface area contributed by atoms with Crippen LogP contribution in [0.1, 0.15) is 50.0 Å². The number of hydrogen-bond acceptors (Lipinski definition) is 4. The highest BCUT2D eigenvalue weighted by Gasteiger charge is 2.22. The highest BCUT2D eigenvalue weighted by atomic mass is 16.6. The van der Waals surface area contributed by atoms with Gasteiger partial charge in [0.15, 0.2) is 5.78 Å². The van der Waals surface area contributed by atoms with Gasteiger partial charge in [0.2, 0.25) is 0 Å². The van der Waals surface area contributed by atoms with Gasteiger partial charge < -0.3 is 9.64 Å². The Balaban J connectivity index is 2.96. The van der Waals surface area contributed by atoms with Gasteiger partial charge in [-0.3, -0.25) is 9.59 Å². The Hall–Kier alpha value is -1.84. The summed E-state index contributed by atoms with van der Waals surface area (Å²) >= 11 is 0. The molecule has 21 heavy (non-hydrogen) atoms. The smallest absolute Gasteiger partial charge is 0.314 e. The van der Waals surface area contributed by atoms with Gasteiger partial charge in [0, 0.05) is 24.8 Å². The summed E-state index contributed by atoms with van der Waals surface area (Å²) in [5.74, 6) is -0.692. The van der Waals surface area contributed by atoms with Crippen LogP contribution in [0.4, 0.5) is 5.69 Å². The molecule has 0 atom stereocenters. The molecule has 4 nitrogen and oxygen atoms in total. The van der Waals surface area contributed by atoms with E-state index in [0.717, 1.165) is 17.8 Å². The van der Waals surface area contributed by atoms with E-state index >= 15 is 0 Å². The van der Waals surface area contributed by atoms with Crippen molar-refractivity contribution in [3.63, 3.8) is 0 Å². The largest absolute Gasteiger partial charge is 0.460 e. The van der Waals surface area contributed by atoms with Crippen LogP contribution in [0.25, 0.3) is 0 Å². The highest BCUT2D eigenvalue weighted by Crippen LogP contribution is 2.23. The topological polar surface area (TPSA) is 46.6 Å². The van der Waals surface area contributed by atoms with Crippen molar-refractivity contribution in [1.82, 2.24) is 0 Å². The third-order valence-electron chi connectivity index (χ3n) is 3.06. The van der Waals surface area contributed by atoms with Gasteiger partial charge in [-0.1, -0.05) is 11.6 Å². The van der Waals surface area contributed by atoms with E-state index in [-0.39, 0.29) is 12.2 Å². The molecule has 0 saturated carbocycles. The molecule has 0 aliphatic heterocycles. The molecule has 0 heterocycles. The molecule has 1 aromatic rings. The monoisotopic (exact) mass is 291 g/mol. The van der Waals surface area contributed by atoms with Crippen molar-refractivity contribution < 1.29 is 14.3 Å². The Bertz CT molecular complexity index is 529. The summed E-state index contributed by atoms with van der Waals surface area (Å²) in [5, 5.41) is 0. The van der Waals surface area contributed by atoms with E-state index in [0.29, 0.717) is 5.56 Å². The fourth-order valence-corrected chi connectivity index (χ4v) is 1.98. The molecule has 0 unspecified atom stereocenters. The van der Waals surface area contributed by atoms with Crippen LogP contribution in [0.15, 0.2) is 18.2 Å². The molecule has 116 valence electrons. The quantitative estimate of drug-likeness (QED) is 0.474. The van der Waals surface area contributed by atoms with Crippen LogP contribution < -0.4 is 4.90 Å². The zero-order chi connectivity index (χ0) is 16.2. The lowest BCUT2D eigenvalue weighted by Crippen LogP contribution is -2.26. The predicted molar refractivity (Wildman–Crippen MR) is 84.9 cm³/mol. The lowest BCUT2D eigenvalue weighted by Gasteiger charge is -2.22. The Morgan fingerprint density at radius 2 is 1.86 bits per heavy atom. The fraction of sp³-hybridized carbons (Fsp3) is 0.529. The van der Waals surface area contributed by atoms with Crippen LogP contribution in [0.5, 0.6) is 0 Å². The number of anilines is 1. The predicted octanol–water partition coefficient (Wildman–Crippen LogP) is 3.37. The van der Waals surface area contributed by atoms with E-state index in [1.54, 1.807) is 20.8 Å². The third kappa shape index (κ3) is 5.21. The van der Waals surface area contributed by atoms with E-state index in [1.807, 2.05) is 44.0 Å². The van der Waals surface area contributed by atoms with Gasteiger partial charge in [-0.15, -0.1) is 0 Å². The van der Waals surface area contributed by atoms with Crippen molar-refractivity contribution in [2.24, 2.45) is 0 Å². The summed E-state index contributed by atoms with van der Waals surface area (Å²) in [4.78, 5) is 26.2. The summed E-state index contributed by atoms with van der Waals surface area (Å²) < 4.78 is 5.21.